The lowest BCUT2D eigenvalue weighted by Crippen LogP contribution is -2.46. The van der Waals surface area contributed by atoms with Gasteiger partial charge >= 0.3 is 0 Å². The van der Waals surface area contributed by atoms with Crippen molar-refractivity contribution in [2.45, 2.75) is 63.7 Å². The van der Waals surface area contributed by atoms with E-state index in [1.54, 1.807) is 6.92 Å². The fourth-order valence-corrected chi connectivity index (χ4v) is 4.62. The van der Waals surface area contributed by atoms with Crippen molar-refractivity contribution in [3.63, 3.8) is 0 Å². The maximum atomic E-state index is 14.1. The number of carbonyl (C=O) groups is 1. The molecule has 1 aromatic carbocycles. The number of hydrogen-bond donors (Lipinski definition) is 3. The van der Waals surface area contributed by atoms with Crippen LogP contribution in [0, 0.1) is 12.8 Å². The molecule has 2 fully saturated rings. The first-order valence-electron chi connectivity index (χ1n) is 11.9. The quantitative estimate of drug-likeness (QED) is 0.403. The van der Waals surface area contributed by atoms with E-state index in [1.807, 2.05) is 0 Å². The highest BCUT2D eigenvalue weighted by Gasteiger charge is 2.31. The molecule has 2 aliphatic carbocycles. The molecule has 3 aromatic rings. The number of halogens is 4. The van der Waals surface area contributed by atoms with Crippen LogP contribution >= 0.6 is 12.4 Å². The number of fused-ring (bicyclic) bond motifs is 1. The largest absolute Gasteiger partial charge is 0.493 e. The van der Waals surface area contributed by atoms with E-state index in [2.05, 4.69) is 20.3 Å². The third-order valence-corrected chi connectivity index (χ3v) is 6.84. The van der Waals surface area contributed by atoms with Crippen LogP contribution in [0.15, 0.2) is 24.5 Å². The van der Waals surface area contributed by atoms with Gasteiger partial charge in [0, 0.05) is 35.3 Å². The minimum Gasteiger partial charge on any atom is -0.493 e. The summed E-state index contributed by atoms with van der Waals surface area (Å²) in [6.45, 7) is 2.24. The third kappa shape index (κ3) is 5.29. The zero-order valence-electron chi connectivity index (χ0n) is 19.8. The summed E-state index contributed by atoms with van der Waals surface area (Å²) < 4.78 is 47.1. The number of rotatable bonds is 7. The second kappa shape index (κ2) is 10.6. The first-order valence-corrected chi connectivity index (χ1v) is 11.9. The molecule has 0 spiro atoms. The summed E-state index contributed by atoms with van der Waals surface area (Å²) in [5.41, 5.74) is 8.07. The van der Waals surface area contributed by atoms with Gasteiger partial charge in [0.05, 0.1) is 17.7 Å². The zero-order valence-corrected chi connectivity index (χ0v) is 20.6. The Morgan fingerprint density at radius 1 is 1.25 bits per heavy atom. The summed E-state index contributed by atoms with van der Waals surface area (Å²) in [6.07, 6.45) is 0.919. The number of nitrogens with zero attached hydrogens (tertiary/aromatic N) is 2. The van der Waals surface area contributed by atoms with Crippen LogP contribution in [0.25, 0.3) is 22.3 Å². The number of carbonyl (C=O) groups excluding carboxylic acids is 1. The molecule has 4 N–H and O–H groups in total. The molecule has 7 nitrogen and oxygen atoms in total. The van der Waals surface area contributed by atoms with Crippen molar-refractivity contribution in [2.24, 2.45) is 11.7 Å². The lowest BCUT2D eigenvalue weighted by Gasteiger charge is -2.29. The van der Waals surface area contributed by atoms with Crippen LogP contribution in [-0.4, -0.2) is 45.7 Å². The van der Waals surface area contributed by atoms with Crippen molar-refractivity contribution in [3.05, 3.63) is 41.3 Å². The van der Waals surface area contributed by atoms with Gasteiger partial charge in [-0.3, -0.25) is 4.79 Å². The van der Waals surface area contributed by atoms with E-state index in [0.717, 1.165) is 12.8 Å². The zero-order chi connectivity index (χ0) is 24.7. The van der Waals surface area contributed by atoms with Crippen LogP contribution in [0.5, 0.6) is 5.75 Å². The summed E-state index contributed by atoms with van der Waals surface area (Å²) in [5.74, 6) is 0.550. The smallest absolute Gasteiger partial charge is 0.263 e. The van der Waals surface area contributed by atoms with E-state index < -0.39 is 18.6 Å². The molecule has 2 saturated carbocycles. The van der Waals surface area contributed by atoms with Gasteiger partial charge in [-0.25, -0.2) is 23.1 Å². The number of aromatic amines is 1. The summed E-state index contributed by atoms with van der Waals surface area (Å²) in [4.78, 5) is 25.0. The van der Waals surface area contributed by atoms with Gasteiger partial charge in [-0.2, -0.15) is 0 Å². The Hall–Kier alpha value is -2.85. The molecule has 2 aromatic heterocycles. The number of ether oxygens (including phenoxy) is 1. The Bertz CT molecular complexity index is 1250. The normalized spacial score (nSPS) is 21.9. The van der Waals surface area contributed by atoms with E-state index in [4.69, 9.17) is 10.5 Å². The Balaban J connectivity index is 0.00000304. The molecule has 0 bridgehead atoms. The summed E-state index contributed by atoms with van der Waals surface area (Å²) >= 11 is 0. The second-order valence-electron chi connectivity index (χ2n) is 9.54. The second-order valence-corrected chi connectivity index (χ2v) is 9.54. The molecule has 5 rings (SSSR count). The van der Waals surface area contributed by atoms with Gasteiger partial charge in [0.2, 0.25) is 0 Å². The summed E-state index contributed by atoms with van der Waals surface area (Å²) in [7, 11) is 0. The van der Waals surface area contributed by atoms with E-state index in [0.29, 0.717) is 64.7 Å². The molecule has 0 unspecified atom stereocenters. The number of aryl methyl sites for hydroxylation is 1. The van der Waals surface area contributed by atoms with Crippen molar-refractivity contribution in [3.8, 4) is 17.0 Å². The number of amides is 1. The van der Waals surface area contributed by atoms with Crippen molar-refractivity contribution in [1.29, 1.82) is 0 Å². The summed E-state index contributed by atoms with van der Waals surface area (Å²) in [5, 5.41) is 2.90. The Labute approximate surface area is 212 Å². The lowest BCUT2D eigenvalue weighted by atomic mass is 9.90. The van der Waals surface area contributed by atoms with Crippen LogP contribution in [0.4, 0.5) is 13.2 Å². The molecule has 36 heavy (non-hydrogen) atoms. The standard InChI is InChI=1S/C25H28F3N5O2.ClH/c1-12-20(25(34)33-15-5-6-18(29)17(26)9-15)22-23(32-12)21(30-11-31-22)16-8-14(24(27)28)4-7-19(16)35-10-13-2-3-13;/h4,7-8,11,13,15,17-18,24,32H,2-3,5-6,9-10,29H2,1H3,(H,33,34);1H/t15-,17-,18-;/m0./s1. The fraction of sp³-hybridized carbons (Fsp3) is 0.480. The molecule has 0 aliphatic heterocycles. The van der Waals surface area contributed by atoms with Crippen LogP contribution < -0.4 is 15.8 Å². The number of hydrogen-bond acceptors (Lipinski definition) is 5. The van der Waals surface area contributed by atoms with Gasteiger partial charge in [0.1, 0.15) is 29.5 Å². The van der Waals surface area contributed by atoms with Gasteiger partial charge in [-0.1, -0.05) is 0 Å². The van der Waals surface area contributed by atoms with Gasteiger partial charge < -0.3 is 20.8 Å². The maximum Gasteiger partial charge on any atom is 0.263 e. The number of benzene rings is 1. The highest BCUT2D eigenvalue weighted by Crippen LogP contribution is 2.38. The third-order valence-electron chi connectivity index (χ3n) is 6.84. The molecular formula is C25H29ClF3N5O2. The Morgan fingerprint density at radius 2 is 2.03 bits per heavy atom. The Morgan fingerprint density at radius 3 is 2.72 bits per heavy atom. The molecular weight excluding hydrogens is 495 g/mol. The highest BCUT2D eigenvalue weighted by atomic mass is 35.5. The number of H-pyrrole nitrogens is 1. The van der Waals surface area contributed by atoms with Crippen LogP contribution in [0.2, 0.25) is 0 Å². The number of alkyl halides is 3. The van der Waals surface area contributed by atoms with E-state index in [-0.39, 0.29) is 36.3 Å². The number of nitrogens with two attached hydrogens (primary N) is 1. The number of nitrogens with one attached hydrogen (secondary N) is 2. The van der Waals surface area contributed by atoms with Crippen molar-refractivity contribution in [1.82, 2.24) is 20.3 Å². The average molecular weight is 524 g/mol. The topological polar surface area (TPSA) is 106 Å². The lowest BCUT2D eigenvalue weighted by molar-refractivity contribution is 0.0906. The highest BCUT2D eigenvalue weighted by molar-refractivity contribution is 6.09. The Kier molecular flexibility index (Phi) is 7.75. The monoisotopic (exact) mass is 523 g/mol. The molecule has 0 radical (unpaired) electrons. The van der Waals surface area contributed by atoms with Crippen LogP contribution in [-0.2, 0) is 0 Å². The first kappa shape index (κ1) is 26.2. The molecule has 194 valence electrons. The van der Waals surface area contributed by atoms with Gasteiger partial charge in [0.15, 0.2) is 0 Å². The first-order chi connectivity index (χ1) is 16.8. The predicted octanol–water partition coefficient (Wildman–Crippen LogP) is 5.03. The minimum atomic E-state index is -2.65. The van der Waals surface area contributed by atoms with Crippen molar-refractivity contribution in [2.75, 3.05) is 6.61 Å². The minimum absolute atomic E-state index is 0. The van der Waals surface area contributed by atoms with E-state index >= 15 is 0 Å². The molecule has 1 amide bonds. The van der Waals surface area contributed by atoms with Crippen LogP contribution in [0.1, 0.15) is 60.1 Å². The number of aromatic nitrogens is 3. The van der Waals surface area contributed by atoms with E-state index in [1.165, 1.54) is 24.5 Å². The summed E-state index contributed by atoms with van der Waals surface area (Å²) in [6, 6.07) is 3.43. The fourth-order valence-electron chi connectivity index (χ4n) is 4.62. The van der Waals surface area contributed by atoms with Crippen molar-refractivity contribution < 1.29 is 22.7 Å². The van der Waals surface area contributed by atoms with E-state index in [9.17, 15) is 18.0 Å². The molecule has 11 heteroatoms. The molecule has 2 heterocycles. The van der Waals surface area contributed by atoms with Crippen LogP contribution in [0.3, 0.4) is 0 Å². The van der Waals surface area contributed by atoms with Gasteiger partial charge in [0.25, 0.3) is 12.3 Å². The SMILES string of the molecule is Cc1[nH]c2c(-c3cc(C(F)F)ccc3OCC3CC3)ncnc2c1C(=O)N[C@H]1CC[C@H](N)[C@@H](F)C1.Cl. The average Bonchev–Trinajstić information content (AvgIpc) is 3.59. The predicted molar refractivity (Wildman–Crippen MR) is 132 cm³/mol. The maximum absolute atomic E-state index is 14.1. The molecule has 3 atom stereocenters. The van der Waals surface area contributed by atoms with Gasteiger partial charge in [-0.15, -0.1) is 12.4 Å². The molecule has 2 aliphatic rings. The molecule has 0 saturated heterocycles. The van der Waals surface area contributed by atoms with Gasteiger partial charge in [-0.05, 0) is 56.7 Å². The van der Waals surface area contributed by atoms with Crippen molar-refractivity contribution >= 4 is 29.3 Å².